The second-order valence-corrected chi connectivity index (χ2v) is 4.12. The molecule has 0 radical (unpaired) electrons. The Morgan fingerprint density at radius 3 is 2.57 bits per heavy atom. The zero-order valence-corrected chi connectivity index (χ0v) is 9.62. The molecule has 1 heterocycles. The Hall–Kier alpha value is -0.830. The normalized spacial score (nSPS) is 15.5. The van der Waals surface area contributed by atoms with E-state index in [4.69, 9.17) is 5.73 Å². The van der Waals surface area contributed by atoms with Crippen molar-refractivity contribution in [2.45, 2.75) is 46.7 Å². The molecule has 80 valence electrons. The van der Waals surface area contributed by atoms with Crippen molar-refractivity contribution in [2.75, 3.05) is 0 Å². The second-order valence-electron chi connectivity index (χ2n) is 4.12. The van der Waals surface area contributed by atoms with Gasteiger partial charge >= 0.3 is 0 Å². The van der Waals surface area contributed by atoms with E-state index in [2.05, 4.69) is 30.3 Å². The minimum atomic E-state index is 0.229. The molecule has 0 aromatic carbocycles. The first-order valence-corrected chi connectivity index (χ1v) is 5.30. The van der Waals surface area contributed by atoms with Crippen LogP contribution in [0.4, 0.5) is 0 Å². The summed E-state index contributed by atoms with van der Waals surface area (Å²) in [5, 5.41) is 0. The SMILES string of the molecule is CCC(C)C(N)Cn1cnc(C)c1C. The summed E-state index contributed by atoms with van der Waals surface area (Å²) in [6.07, 6.45) is 3.01. The molecule has 14 heavy (non-hydrogen) atoms. The van der Waals surface area contributed by atoms with E-state index >= 15 is 0 Å². The third kappa shape index (κ3) is 2.35. The molecule has 3 nitrogen and oxygen atoms in total. The van der Waals surface area contributed by atoms with Gasteiger partial charge in [0.2, 0.25) is 0 Å². The number of hydrogen-bond donors (Lipinski definition) is 1. The van der Waals surface area contributed by atoms with Crippen molar-refractivity contribution in [2.24, 2.45) is 11.7 Å². The molecule has 1 aromatic rings. The van der Waals surface area contributed by atoms with E-state index in [1.807, 2.05) is 13.3 Å². The number of rotatable bonds is 4. The van der Waals surface area contributed by atoms with Crippen molar-refractivity contribution in [3.63, 3.8) is 0 Å². The van der Waals surface area contributed by atoms with Crippen LogP contribution in [-0.2, 0) is 6.54 Å². The molecule has 2 N–H and O–H groups in total. The van der Waals surface area contributed by atoms with Crippen molar-refractivity contribution in [1.82, 2.24) is 9.55 Å². The molecule has 2 atom stereocenters. The van der Waals surface area contributed by atoms with Gasteiger partial charge in [-0.1, -0.05) is 20.3 Å². The van der Waals surface area contributed by atoms with Crippen LogP contribution in [0.25, 0.3) is 0 Å². The number of nitrogens with zero attached hydrogens (tertiary/aromatic N) is 2. The van der Waals surface area contributed by atoms with E-state index in [-0.39, 0.29) is 6.04 Å². The van der Waals surface area contributed by atoms with Gasteiger partial charge in [0, 0.05) is 18.3 Å². The first-order valence-electron chi connectivity index (χ1n) is 5.30. The smallest absolute Gasteiger partial charge is 0.0951 e. The number of aromatic nitrogens is 2. The predicted octanol–water partition coefficient (Wildman–Crippen LogP) is 1.87. The second kappa shape index (κ2) is 4.60. The van der Waals surface area contributed by atoms with E-state index in [1.165, 1.54) is 5.69 Å². The summed E-state index contributed by atoms with van der Waals surface area (Å²) in [4.78, 5) is 4.26. The Morgan fingerprint density at radius 2 is 2.14 bits per heavy atom. The van der Waals surface area contributed by atoms with Crippen LogP contribution in [0.2, 0.25) is 0 Å². The highest BCUT2D eigenvalue weighted by Gasteiger charge is 2.12. The van der Waals surface area contributed by atoms with E-state index in [0.29, 0.717) is 5.92 Å². The Bertz CT molecular complexity index is 291. The van der Waals surface area contributed by atoms with Crippen molar-refractivity contribution >= 4 is 0 Å². The largest absolute Gasteiger partial charge is 0.333 e. The third-order valence-corrected chi connectivity index (χ3v) is 3.13. The Kier molecular flexibility index (Phi) is 3.69. The molecule has 3 heteroatoms. The van der Waals surface area contributed by atoms with Crippen LogP contribution in [0.5, 0.6) is 0 Å². The molecule has 0 aliphatic carbocycles. The zero-order chi connectivity index (χ0) is 10.7. The molecule has 2 unspecified atom stereocenters. The maximum absolute atomic E-state index is 6.09. The highest BCUT2D eigenvalue weighted by Crippen LogP contribution is 2.10. The van der Waals surface area contributed by atoms with Crippen LogP contribution in [0.15, 0.2) is 6.33 Å². The Balaban J connectivity index is 2.64. The quantitative estimate of drug-likeness (QED) is 0.797. The van der Waals surface area contributed by atoms with Gasteiger partial charge in [0.1, 0.15) is 0 Å². The average Bonchev–Trinajstić information content (AvgIpc) is 2.48. The van der Waals surface area contributed by atoms with Gasteiger partial charge in [-0.05, 0) is 19.8 Å². The molecule has 1 rings (SSSR count). The summed E-state index contributed by atoms with van der Waals surface area (Å²) < 4.78 is 2.14. The fraction of sp³-hybridized carbons (Fsp3) is 0.727. The van der Waals surface area contributed by atoms with Crippen LogP contribution in [-0.4, -0.2) is 15.6 Å². The summed E-state index contributed by atoms with van der Waals surface area (Å²) in [7, 11) is 0. The molecule has 0 spiro atoms. The van der Waals surface area contributed by atoms with E-state index in [0.717, 1.165) is 18.7 Å². The lowest BCUT2D eigenvalue weighted by atomic mass is 10.00. The number of nitrogens with two attached hydrogens (primary N) is 1. The topological polar surface area (TPSA) is 43.8 Å². The minimum Gasteiger partial charge on any atom is -0.333 e. The zero-order valence-electron chi connectivity index (χ0n) is 9.62. The summed E-state index contributed by atoms with van der Waals surface area (Å²) in [5.41, 5.74) is 8.41. The number of hydrogen-bond acceptors (Lipinski definition) is 2. The van der Waals surface area contributed by atoms with Crippen LogP contribution < -0.4 is 5.73 Å². The highest BCUT2D eigenvalue weighted by atomic mass is 15.1. The maximum Gasteiger partial charge on any atom is 0.0951 e. The van der Waals surface area contributed by atoms with Gasteiger partial charge in [-0.2, -0.15) is 0 Å². The highest BCUT2D eigenvalue weighted by molar-refractivity contribution is 5.08. The van der Waals surface area contributed by atoms with Crippen molar-refractivity contribution in [3.05, 3.63) is 17.7 Å². The first-order chi connectivity index (χ1) is 6.56. The molecule has 0 saturated carbocycles. The summed E-state index contributed by atoms with van der Waals surface area (Å²) in [5.74, 6) is 0.567. The molecule has 0 aliphatic heterocycles. The van der Waals surface area contributed by atoms with Gasteiger partial charge in [-0.3, -0.25) is 0 Å². The van der Waals surface area contributed by atoms with E-state index in [9.17, 15) is 0 Å². The van der Waals surface area contributed by atoms with E-state index < -0.39 is 0 Å². The molecule has 1 aromatic heterocycles. The van der Waals surface area contributed by atoms with Gasteiger partial charge in [-0.15, -0.1) is 0 Å². The van der Waals surface area contributed by atoms with Crippen molar-refractivity contribution in [3.8, 4) is 0 Å². The van der Waals surface area contributed by atoms with Crippen LogP contribution >= 0.6 is 0 Å². The summed E-state index contributed by atoms with van der Waals surface area (Å²) in [6.45, 7) is 9.37. The molecular formula is C11H21N3. The third-order valence-electron chi connectivity index (χ3n) is 3.13. The standard InChI is InChI=1S/C11H21N3/c1-5-8(2)11(12)6-14-7-13-9(3)10(14)4/h7-8,11H,5-6,12H2,1-4H3. The predicted molar refractivity (Wildman–Crippen MR) is 59.1 cm³/mol. The molecule has 0 fully saturated rings. The van der Waals surface area contributed by atoms with Gasteiger partial charge in [0.05, 0.1) is 12.0 Å². The Labute approximate surface area is 86.3 Å². The Morgan fingerprint density at radius 1 is 1.50 bits per heavy atom. The lowest BCUT2D eigenvalue weighted by Crippen LogP contribution is -2.32. The number of imidazole rings is 1. The van der Waals surface area contributed by atoms with Gasteiger partial charge in [-0.25, -0.2) is 4.98 Å². The van der Waals surface area contributed by atoms with Crippen molar-refractivity contribution < 1.29 is 0 Å². The average molecular weight is 195 g/mol. The summed E-state index contributed by atoms with van der Waals surface area (Å²) >= 11 is 0. The molecule has 0 amide bonds. The summed E-state index contributed by atoms with van der Waals surface area (Å²) in [6, 6.07) is 0.229. The fourth-order valence-electron chi connectivity index (χ4n) is 1.44. The fourth-order valence-corrected chi connectivity index (χ4v) is 1.44. The first kappa shape index (κ1) is 11.2. The van der Waals surface area contributed by atoms with E-state index in [1.54, 1.807) is 0 Å². The maximum atomic E-state index is 6.09. The monoisotopic (exact) mass is 195 g/mol. The molecule has 0 aliphatic rings. The lowest BCUT2D eigenvalue weighted by molar-refractivity contribution is 0.394. The number of aryl methyl sites for hydroxylation is 1. The van der Waals surface area contributed by atoms with Gasteiger partial charge < -0.3 is 10.3 Å². The molecule has 0 saturated heterocycles. The lowest BCUT2D eigenvalue weighted by Gasteiger charge is -2.19. The van der Waals surface area contributed by atoms with Crippen LogP contribution in [0.1, 0.15) is 31.7 Å². The van der Waals surface area contributed by atoms with Crippen LogP contribution in [0.3, 0.4) is 0 Å². The molecular weight excluding hydrogens is 174 g/mol. The van der Waals surface area contributed by atoms with Gasteiger partial charge in [0.15, 0.2) is 0 Å². The van der Waals surface area contributed by atoms with Gasteiger partial charge in [0.25, 0.3) is 0 Å². The minimum absolute atomic E-state index is 0.229. The molecule has 0 bridgehead atoms. The van der Waals surface area contributed by atoms with Crippen LogP contribution in [0, 0.1) is 19.8 Å². The van der Waals surface area contributed by atoms with Crippen molar-refractivity contribution in [1.29, 1.82) is 0 Å².